The second-order valence-electron chi connectivity index (χ2n) is 5.60. The first-order valence-corrected chi connectivity index (χ1v) is 6.34. The number of hydrogen-bond donors (Lipinski definition) is 0. The van der Waals surface area contributed by atoms with E-state index in [0.717, 1.165) is 0 Å². The molecule has 1 fully saturated rings. The number of likely N-dealkylation sites (N-methyl/N-ethyl adjacent to an activating group) is 1. The molecule has 1 unspecified atom stereocenters. The fourth-order valence-corrected chi connectivity index (χ4v) is 1.90. The predicted octanol–water partition coefficient (Wildman–Crippen LogP) is 1.06. The molecule has 1 aliphatic rings. The van der Waals surface area contributed by atoms with Gasteiger partial charge in [-0.1, -0.05) is 0 Å². The first kappa shape index (κ1) is 14.2. The number of hydrogen-bond acceptors (Lipinski definition) is 5. The Morgan fingerprint density at radius 2 is 1.95 bits per heavy atom. The molecule has 0 bridgehead atoms. The number of ether oxygens (including phenoxy) is 1. The number of anilines is 1. The number of nitrogens with zero attached hydrogens (tertiary/aromatic N) is 4. The second-order valence-corrected chi connectivity index (χ2v) is 5.60. The van der Waals surface area contributed by atoms with Crippen molar-refractivity contribution in [3.8, 4) is 0 Å². The van der Waals surface area contributed by atoms with Gasteiger partial charge < -0.3 is 9.64 Å². The lowest BCUT2D eigenvalue weighted by Crippen LogP contribution is -2.40. The van der Waals surface area contributed by atoms with E-state index in [1.165, 1.54) is 9.80 Å². The molecule has 0 aliphatic carbocycles. The van der Waals surface area contributed by atoms with Crippen LogP contribution in [-0.4, -0.2) is 52.1 Å². The van der Waals surface area contributed by atoms with Crippen molar-refractivity contribution in [2.45, 2.75) is 32.4 Å². The predicted molar refractivity (Wildman–Crippen MR) is 72.2 cm³/mol. The SMILES string of the molecule is CN1C(=O)N(c2ncccn2)CC1C(=O)OC(C)(C)C. The van der Waals surface area contributed by atoms with Gasteiger partial charge in [0.2, 0.25) is 5.95 Å². The third-order valence-corrected chi connectivity index (χ3v) is 2.83. The van der Waals surface area contributed by atoms with E-state index in [2.05, 4.69) is 9.97 Å². The van der Waals surface area contributed by atoms with Crippen molar-refractivity contribution in [3.05, 3.63) is 18.5 Å². The Hall–Kier alpha value is -2.18. The van der Waals surface area contributed by atoms with Gasteiger partial charge in [-0.2, -0.15) is 0 Å². The summed E-state index contributed by atoms with van der Waals surface area (Å²) in [4.78, 5) is 35.0. The van der Waals surface area contributed by atoms with Crippen LogP contribution in [0.25, 0.3) is 0 Å². The van der Waals surface area contributed by atoms with Gasteiger partial charge in [0.05, 0.1) is 6.54 Å². The minimum atomic E-state index is -0.648. The Kier molecular flexibility index (Phi) is 3.61. The van der Waals surface area contributed by atoms with Crippen molar-refractivity contribution < 1.29 is 14.3 Å². The molecule has 7 heteroatoms. The summed E-state index contributed by atoms with van der Waals surface area (Å²) in [6, 6.07) is 0.705. The number of esters is 1. The average Bonchev–Trinajstić information content (AvgIpc) is 2.66. The lowest BCUT2D eigenvalue weighted by atomic mass is 10.2. The molecule has 0 spiro atoms. The van der Waals surface area contributed by atoms with Crippen LogP contribution in [0, 0.1) is 0 Å². The number of aromatic nitrogens is 2. The van der Waals surface area contributed by atoms with Crippen LogP contribution in [0.3, 0.4) is 0 Å². The van der Waals surface area contributed by atoms with Crippen LogP contribution in [0.15, 0.2) is 18.5 Å². The van der Waals surface area contributed by atoms with E-state index >= 15 is 0 Å². The largest absolute Gasteiger partial charge is 0.458 e. The van der Waals surface area contributed by atoms with E-state index in [1.807, 2.05) is 0 Å². The molecule has 0 radical (unpaired) electrons. The van der Waals surface area contributed by atoms with Crippen LogP contribution in [0.2, 0.25) is 0 Å². The first-order chi connectivity index (χ1) is 9.29. The molecule has 0 N–H and O–H groups in total. The van der Waals surface area contributed by atoms with Crippen molar-refractivity contribution in [3.63, 3.8) is 0 Å². The monoisotopic (exact) mass is 278 g/mol. The number of carbonyl (C=O) groups is 2. The topological polar surface area (TPSA) is 75.6 Å². The Balaban J connectivity index is 2.15. The van der Waals surface area contributed by atoms with Gasteiger partial charge in [-0.05, 0) is 26.8 Å². The second kappa shape index (κ2) is 5.07. The van der Waals surface area contributed by atoms with Crippen molar-refractivity contribution >= 4 is 17.9 Å². The van der Waals surface area contributed by atoms with Gasteiger partial charge in [-0.3, -0.25) is 4.90 Å². The van der Waals surface area contributed by atoms with Gasteiger partial charge in [0.15, 0.2) is 0 Å². The normalized spacial score (nSPS) is 19.4. The summed E-state index contributed by atoms with van der Waals surface area (Å²) in [7, 11) is 1.57. The van der Waals surface area contributed by atoms with Gasteiger partial charge >= 0.3 is 12.0 Å². The van der Waals surface area contributed by atoms with E-state index in [1.54, 1.807) is 46.3 Å². The highest BCUT2D eigenvalue weighted by Crippen LogP contribution is 2.21. The molecule has 108 valence electrons. The van der Waals surface area contributed by atoms with E-state index in [0.29, 0.717) is 0 Å². The Morgan fingerprint density at radius 1 is 1.35 bits per heavy atom. The lowest BCUT2D eigenvalue weighted by Gasteiger charge is -2.24. The van der Waals surface area contributed by atoms with Crippen LogP contribution in [0.5, 0.6) is 0 Å². The minimum Gasteiger partial charge on any atom is -0.458 e. The number of urea groups is 1. The molecular formula is C13H18N4O3. The zero-order valence-electron chi connectivity index (χ0n) is 12.0. The molecular weight excluding hydrogens is 260 g/mol. The van der Waals surface area contributed by atoms with Gasteiger partial charge in [0.1, 0.15) is 11.6 Å². The van der Waals surface area contributed by atoms with Crippen LogP contribution in [0.1, 0.15) is 20.8 Å². The standard InChI is InChI=1S/C13H18N4O3/c1-13(2,3)20-10(18)9-8-17(12(19)16(9)4)11-14-6-5-7-15-11/h5-7,9H,8H2,1-4H3. The fraction of sp³-hybridized carbons (Fsp3) is 0.538. The summed E-state index contributed by atoms with van der Waals surface area (Å²) in [6.07, 6.45) is 3.10. The summed E-state index contributed by atoms with van der Waals surface area (Å²) in [5.74, 6) is -0.137. The highest BCUT2D eigenvalue weighted by molar-refractivity contribution is 5.97. The van der Waals surface area contributed by atoms with E-state index in [4.69, 9.17) is 4.74 Å². The maximum atomic E-state index is 12.2. The highest BCUT2D eigenvalue weighted by Gasteiger charge is 2.42. The lowest BCUT2D eigenvalue weighted by molar-refractivity contribution is -0.158. The Labute approximate surface area is 117 Å². The van der Waals surface area contributed by atoms with Crippen LogP contribution in [0.4, 0.5) is 10.7 Å². The summed E-state index contributed by atoms with van der Waals surface area (Å²) < 4.78 is 5.32. The van der Waals surface area contributed by atoms with E-state index in [-0.39, 0.29) is 18.5 Å². The fourth-order valence-electron chi connectivity index (χ4n) is 1.90. The van der Waals surface area contributed by atoms with Crippen LogP contribution >= 0.6 is 0 Å². The van der Waals surface area contributed by atoms with Gasteiger partial charge in [0, 0.05) is 19.4 Å². The molecule has 1 aromatic heterocycles. The zero-order valence-corrected chi connectivity index (χ0v) is 12.0. The van der Waals surface area contributed by atoms with E-state index in [9.17, 15) is 9.59 Å². The summed E-state index contributed by atoms with van der Waals surface area (Å²) in [5.41, 5.74) is -0.586. The molecule has 0 aromatic carbocycles. The smallest absolute Gasteiger partial charge is 0.331 e. The quantitative estimate of drug-likeness (QED) is 0.756. The third-order valence-electron chi connectivity index (χ3n) is 2.83. The number of rotatable bonds is 2. The Morgan fingerprint density at radius 3 is 2.50 bits per heavy atom. The summed E-state index contributed by atoms with van der Waals surface area (Å²) in [6.45, 7) is 5.56. The summed E-state index contributed by atoms with van der Waals surface area (Å²) >= 11 is 0. The van der Waals surface area contributed by atoms with Crippen molar-refractivity contribution in [2.24, 2.45) is 0 Å². The maximum Gasteiger partial charge on any atom is 0.331 e. The molecule has 0 saturated carbocycles. The molecule has 7 nitrogen and oxygen atoms in total. The molecule has 1 saturated heterocycles. The Bertz CT molecular complexity index is 512. The highest BCUT2D eigenvalue weighted by atomic mass is 16.6. The molecule has 2 heterocycles. The maximum absolute atomic E-state index is 12.2. The van der Waals surface area contributed by atoms with E-state index < -0.39 is 17.6 Å². The van der Waals surface area contributed by atoms with Crippen molar-refractivity contribution in [1.29, 1.82) is 0 Å². The number of amides is 2. The number of carbonyl (C=O) groups excluding carboxylic acids is 2. The first-order valence-electron chi connectivity index (χ1n) is 6.34. The molecule has 1 aliphatic heterocycles. The third kappa shape index (κ3) is 2.87. The zero-order chi connectivity index (χ0) is 14.9. The van der Waals surface area contributed by atoms with Gasteiger partial charge in [-0.15, -0.1) is 0 Å². The van der Waals surface area contributed by atoms with Gasteiger partial charge in [0.25, 0.3) is 0 Å². The molecule has 2 amide bonds. The van der Waals surface area contributed by atoms with Gasteiger partial charge in [-0.25, -0.2) is 19.6 Å². The average molecular weight is 278 g/mol. The molecule has 1 aromatic rings. The van der Waals surface area contributed by atoms with Crippen molar-refractivity contribution in [1.82, 2.24) is 14.9 Å². The van der Waals surface area contributed by atoms with Crippen LogP contribution < -0.4 is 4.90 Å². The molecule has 2 rings (SSSR count). The van der Waals surface area contributed by atoms with Crippen LogP contribution in [-0.2, 0) is 9.53 Å². The van der Waals surface area contributed by atoms with Crippen molar-refractivity contribution in [2.75, 3.05) is 18.5 Å². The summed E-state index contributed by atoms with van der Waals surface area (Å²) in [5, 5.41) is 0. The molecule has 1 atom stereocenters. The minimum absolute atomic E-state index is 0.189. The molecule has 20 heavy (non-hydrogen) atoms.